The van der Waals surface area contributed by atoms with E-state index in [1.165, 1.54) is 31.2 Å². The van der Waals surface area contributed by atoms with Gasteiger partial charge >= 0.3 is 0 Å². The Bertz CT molecular complexity index is 585. The Morgan fingerprint density at radius 1 is 1.32 bits per heavy atom. The second kappa shape index (κ2) is 5.45. The van der Waals surface area contributed by atoms with Gasteiger partial charge in [0.25, 0.3) is 0 Å². The Morgan fingerprint density at radius 2 is 2.05 bits per heavy atom. The summed E-state index contributed by atoms with van der Waals surface area (Å²) >= 11 is 9.65. The molecule has 1 heterocycles. The Kier molecular flexibility index (Phi) is 3.86. The first-order valence-corrected chi connectivity index (χ1v) is 8.24. The van der Waals surface area contributed by atoms with Crippen molar-refractivity contribution < 1.29 is 0 Å². The molecular formula is C15H18BrClN2. The molecule has 1 aliphatic rings. The number of hydrogen-bond donors (Lipinski definition) is 0. The molecule has 2 nitrogen and oxygen atoms in total. The maximum atomic E-state index is 6.10. The lowest BCUT2D eigenvalue weighted by Gasteiger charge is -2.28. The first-order chi connectivity index (χ1) is 9.19. The van der Waals surface area contributed by atoms with Gasteiger partial charge in [0.05, 0.1) is 16.9 Å². The van der Waals surface area contributed by atoms with Crippen molar-refractivity contribution in [3.05, 3.63) is 28.5 Å². The van der Waals surface area contributed by atoms with E-state index in [1.807, 2.05) is 6.07 Å². The number of benzene rings is 1. The van der Waals surface area contributed by atoms with Gasteiger partial charge in [-0.3, -0.25) is 0 Å². The highest BCUT2D eigenvalue weighted by molar-refractivity contribution is 9.10. The van der Waals surface area contributed by atoms with E-state index in [9.17, 15) is 0 Å². The molecule has 0 atom stereocenters. The largest absolute Gasteiger partial charge is 0.324 e. The zero-order valence-electron chi connectivity index (χ0n) is 11.1. The van der Waals surface area contributed by atoms with Gasteiger partial charge in [-0.2, -0.15) is 0 Å². The summed E-state index contributed by atoms with van der Waals surface area (Å²) in [5.41, 5.74) is 2.27. The quantitative estimate of drug-likeness (QED) is 0.679. The van der Waals surface area contributed by atoms with Crippen LogP contribution in [-0.2, 0) is 5.88 Å². The fourth-order valence-corrected chi connectivity index (χ4v) is 3.66. The van der Waals surface area contributed by atoms with Crippen molar-refractivity contribution >= 4 is 38.6 Å². The SMILES string of the molecule is CC1CCC(n2c(CCl)nc3ccc(Br)cc32)CC1. The monoisotopic (exact) mass is 340 g/mol. The summed E-state index contributed by atoms with van der Waals surface area (Å²) in [5.74, 6) is 2.35. The van der Waals surface area contributed by atoms with Crippen molar-refractivity contribution in [3.63, 3.8) is 0 Å². The van der Waals surface area contributed by atoms with Gasteiger partial charge in [0.15, 0.2) is 0 Å². The molecule has 1 aliphatic carbocycles. The summed E-state index contributed by atoms with van der Waals surface area (Å²) in [5, 5.41) is 0. The minimum atomic E-state index is 0.484. The highest BCUT2D eigenvalue weighted by Gasteiger charge is 2.23. The van der Waals surface area contributed by atoms with E-state index in [-0.39, 0.29) is 0 Å². The third-order valence-corrected chi connectivity index (χ3v) is 4.93. The highest BCUT2D eigenvalue weighted by atomic mass is 79.9. The van der Waals surface area contributed by atoms with Gasteiger partial charge in [-0.05, 0) is 49.8 Å². The minimum absolute atomic E-state index is 0.484. The standard InChI is InChI=1S/C15H18BrClN2/c1-10-2-5-12(6-3-10)19-14-8-11(16)4-7-13(14)18-15(19)9-17/h4,7-8,10,12H,2-3,5-6,9H2,1H3. The Morgan fingerprint density at radius 3 is 2.74 bits per heavy atom. The molecule has 0 saturated heterocycles. The van der Waals surface area contributed by atoms with Crippen molar-refractivity contribution in [3.8, 4) is 0 Å². The van der Waals surface area contributed by atoms with E-state index in [0.717, 1.165) is 21.7 Å². The summed E-state index contributed by atoms with van der Waals surface area (Å²) in [6.07, 6.45) is 5.09. The van der Waals surface area contributed by atoms with Gasteiger partial charge in [0.1, 0.15) is 5.82 Å². The maximum absolute atomic E-state index is 6.10. The minimum Gasteiger partial charge on any atom is -0.324 e. The van der Waals surface area contributed by atoms with E-state index < -0.39 is 0 Å². The zero-order chi connectivity index (χ0) is 13.4. The molecule has 2 aromatic rings. The van der Waals surface area contributed by atoms with E-state index in [4.69, 9.17) is 11.6 Å². The van der Waals surface area contributed by atoms with Crippen LogP contribution in [0.15, 0.2) is 22.7 Å². The number of alkyl halides is 1. The summed E-state index contributed by atoms with van der Waals surface area (Å²) in [6.45, 7) is 2.35. The molecule has 0 aliphatic heterocycles. The van der Waals surface area contributed by atoms with E-state index in [1.54, 1.807) is 0 Å². The van der Waals surface area contributed by atoms with Crippen molar-refractivity contribution in [1.29, 1.82) is 0 Å². The molecule has 0 amide bonds. The lowest BCUT2D eigenvalue weighted by molar-refractivity contribution is 0.290. The molecule has 0 radical (unpaired) electrons. The van der Waals surface area contributed by atoms with Gasteiger partial charge in [0.2, 0.25) is 0 Å². The molecule has 0 N–H and O–H groups in total. The molecular weight excluding hydrogens is 324 g/mol. The molecule has 0 bridgehead atoms. The molecule has 1 aromatic heterocycles. The summed E-state index contributed by atoms with van der Waals surface area (Å²) in [4.78, 5) is 4.68. The molecule has 1 saturated carbocycles. The summed E-state index contributed by atoms with van der Waals surface area (Å²) in [7, 11) is 0. The molecule has 19 heavy (non-hydrogen) atoms. The first kappa shape index (κ1) is 13.4. The Balaban J connectivity index is 2.07. The second-order valence-electron chi connectivity index (χ2n) is 5.58. The predicted molar refractivity (Wildman–Crippen MR) is 83.7 cm³/mol. The lowest BCUT2D eigenvalue weighted by Crippen LogP contribution is -2.18. The van der Waals surface area contributed by atoms with Gasteiger partial charge < -0.3 is 4.57 Å². The van der Waals surface area contributed by atoms with Crippen LogP contribution < -0.4 is 0 Å². The van der Waals surface area contributed by atoms with Crippen LogP contribution in [0.4, 0.5) is 0 Å². The maximum Gasteiger partial charge on any atom is 0.125 e. The highest BCUT2D eigenvalue weighted by Crippen LogP contribution is 2.35. The van der Waals surface area contributed by atoms with Crippen LogP contribution in [0.3, 0.4) is 0 Å². The van der Waals surface area contributed by atoms with Crippen molar-refractivity contribution in [2.24, 2.45) is 5.92 Å². The van der Waals surface area contributed by atoms with E-state index in [0.29, 0.717) is 11.9 Å². The Labute approximate surface area is 127 Å². The number of nitrogens with zero attached hydrogens (tertiary/aromatic N) is 2. The second-order valence-corrected chi connectivity index (χ2v) is 6.76. The number of halogens is 2. The molecule has 102 valence electrons. The normalized spacial score (nSPS) is 23.9. The fourth-order valence-electron chi connectivity index (χ4n) is 3.12. The van der Waals surface area contributed by atoms with Crippen LogP contribution in [-0.4, -0.2) is 9.55 Å². The smallest absolute Gasteiger partial charge is 0.125 e. The van der Waals surface area contributed by atoms with Crippen LogP contribution in [0.25, 0.3) is 11.0 Å². The molecule has 1 fully saturated rings. The lowest BCUT2D eigenvalue weighted by atomic mass is 9.87. The van der Waals surface area contributed by atoms with E-state index >= 15 is 0 Å². The topological polar surface area (TPSA) is 17.8 Å². The van der Waals surface area contributed by atoms with Crippen LogP contribution in [0.1, 0.15) is 44.5 Å². The Hall–Kier alpha value is -0.540. The van der Waals surface area contributed by atoms with Crippen molar-refractivity contribution in [2.75, 3.05) is 0 Å². The van der Waals surface area contributed by atoms with Gasteiger partial charge in [-0.25, -0.2) is 4.98 Å². The van der Waals surface area contributed by atoms with Gasteiger partial charge in [-0.15, -0.1) is 11.6 Å². The van der Waals surface area contributed by atoms with Crippen LogP contribution in [0, 0.1) is 5.92 Å². The summed E-state index contributed by atoms with van der Waals surface area (Å²) < 4.78 is 3.48. The first-order valence-electron chi connectivity index (χ1n) is 6.91. The number of aromatic nitrogens is 2. The third kappa shape index (κ3) is 2.55. The predicted octanol–water partition coefficient (Wildman–Crippen LogP) is 5.29. The third-order valence-electron chi connectivity index (χ3n) is 4.19. The van der Waals surface area contributed by atoms with Gasteiger partial charge in [0, 0.05) is 10.5 Å². The molecule has 4 heteroatoms. The average Bonchev–Trinajstić information content (AvgIpc) is 2.77. The van der Waals surface area contributed by atoms with Gasteiger partial charge in [-0.1, -0.05) is 22.9 Å². The number of rotatable bonds is 2. The van der Waals surface area contributed by atoms with Crippen molar-refractivity contribution in [2.45, 2.75) is 44.5 Å². The molecule has 1 aromatic carbocycles. The molecule has 0 spiro atoms. The van der Waals surface area contributed by atoms with Crippen LogP contribution in [0.5, 0.6) is 0 Å². The molecule has 3 rings (SSSR count). The van der Waals surface area contributed by atoms with Crippen LogP contribution >= 0.6 is 27.5 Å². The van der Waals surface area contributed by atoms with E-state index in [2.05, 4.69) is 44.5 Å². The number of fused-ring (bicyclic) bond motifs is 1. The molecule has 0 unspecified atom stereocenters. The number of imidazole rings is 1. The average molecular weight is 342 g/mol. The van der Waals surface area contributed by atoms with Crippen LogP contribution in [0.2, 0.25) is 0 Å². The number of hydrogen-bond acceptors (Lipinski definition) is 1. The van der Waals surface area contributed by atoms with Crippen molar-refractivity contribution in [1.82, 2.24) is 9.55 Å². The summed E-state index contributed by atoms with van der Waals surface area (Å²) in [6, 6.07) is 6.83. The fraction of sp³-hybridized carbons (Fsp3) is 0.533. The zero-order valence-corrected chi connectivity index (χ0v) is 13.4.